The Morgan fingerprint density at radius 2 is 1.57 bits per heavy atom. The van der Waals surface area contributed by atoms with Gasteiger partial charge >= 0.3 is 0 Å². The molecule has 76 valence electrons. The van der Waals surface area contributed by atoms with Crippen LogP contribution in [0.2, 0.25) is 0 Å². The fourth-order valence-electron chi connectivity index (χ4n) is 0.728. The predicted octanol–water partition coefficient (Wildman–Crippen LogP) is 3.55. The fraction of sp³-hybridized carbons (Fsp3) is 0. The fourth-order valence-corrected chi connectivity index (χ4v) is 1.80. The highest BCUT2D eigenvalue weighted by molar-refractivity contribution is 8.41. The summed E-state index contributed by atoms with van der Waals surface area (Å²) in [6.45, 7) is 0. The van der Waals surface area contributed by atoms with Gasteiger partial charge in [-0.25, -0.2) is 17.6 Å². The molecular weight excluding hydrogens is 256 g/mol. The maximum atomic E-state index is 12.9. The standard InChI is InChI=1S/C7H2F4S3/c8-2-1-3(9)5(11)6(4(2)10)14-7(12)13/h1H,(H,12,13). The molecule has 14 heavy (non-hydrogen) atoms. The summed E-state index contributed by atoms with van der Waals surface area (Å²) in [5, 5.41) is 0. The second-order valence-corrected chi connectivity index (χ2v) is 4.90. The van der Waals surface area contributed by atoms with Gasteiger partial charge in [0.25, 0.3) is 0 Å². The lowest BCUT2D eigenvalue weighted by Crippen LogP contribution is -1.97. The van der Waals surface area contributed by atoms with Gasteiger partial charge in [0.2, 0.25) is 0 Å². The number of hydrogen-bond donors (Lipinski definition) is 1. The topological polar surface area (TPSA) is 0 Å². The van der Waals surface area contributed by atoms with Crippen LogP contribution in [0.3, 0.4) is 0 Å². The Morgan fingerprint density at radius 1 is 1.14 bits per heavy atom. The van der Waals surface area contributed by atoms with E-state index < -0.39 is 28.2 Å². The van der Waals surface area contributed by atoms with Crippen LogP contribution in [0.4, 0.5) is 17.6 Å². The van der Waals surface area contributed by atoms with Crippen molar-refractivity contribution in [2.75, 3.05) is 0 Å². The monoisotopic (exact) mass is 258 g/mol. The molecule has 1 aromatic carbocycles. The van der Waals surface area contributed by atoms with E-state index in [2.05, 4.69) is 24.8 Å². The highest BCUT2D eigenvalue weighted by atomic mass is 32.2. The van der Waals surface area contributed by atoms with E-state index in [4.69, 9.17) is 0 Å². The van der Waals surface area contributed by atoms with Crippen LogP contribution in [0.15, 0.2) is 11.0 Å². The molecule has 0 nitrogen and oxygen atoms in total. The minimum Gasteiger partial charge on any atom is -0.204 e. The second-order valence-electron chi connectivity index (χ2n) is 2.17. The zero-order chi connectivity index (χ0) is 10.9. The second kappa shape index (κ2) is 4.50. The van der Waals surface area contributed by atoms with Gasteiger partial charge in [0.05, 0.1) is 4.90 Å². The number of thioether (sulfide) groups is 1. The van der Waals surface area contributed by atoms with Crippen molar-refractivity contribution < 1.29 is 17.6 Å². The maximum absolute atomic E-state index is 12.9. The third kappa shape index (κ3) is 2.40. The minimum atomic E-state index is -1.47. The third-order valence-electron chi connectivity index (χ3n) is 1.26. The summed E-state index contributed by atoms with van der Waals surface area (Å²) in [7, 11) is 0. The lowest BCUT2D eigenvalue weighted by molar-refractivity contribution is 0.426. The highest BCUT2D eigenvalue weighted by Crippen LogP contribution is 2.30. The Labute approximate surface area is 92.1 Å². The van der Waals surface area contributed by atoms with Gasteiger partial charge in [-0.05, 0) is 0 Å². The van der Waals surface area contributed by atoms with Crippen molar-refractivity contribution in [3.63, 3.8) is 0 Å². The minimum absolute atomic E-state index is 0.132. The summed E-state index contributed by atoms with van der Waals surface area (Å²) in [4.78, 5) is -0.817. The summed E-state index contributed by atoms with van der Waals surface area (Å²) < 4.78 is 50.9. The number of halogens is 4. The molecule has 0 atom stereocenters. The van der Waals surface area contributed by atoms with Gasteiger partial charge in [0.15, 0.2) is 23.3 Å². The van der Waals surface area contributed by atoms with Crippen LogP contribution in [0.25, 0.3) is 0 Å². The van der Waals surface area contributed by atoms with E-state index in [0.717, 1.165) is 0 Å². The molecule has 0 aromatic heterocycles. The average Bonchev–Trinajstić information content (AvgIpc) is 2.09. The van der Waals surface area contributed by atoms with Crippen molar-refractivity contribution in [2.24, 2.45) is 0 Å². The largest absolute Gasteiger partial charge is 0.204 e. The lowest BCUT2D eigenvalue weighted by Gasteiger charge is -2.04. The number of hydrogen-bond acceptors (Lipinski definition) is 2. The van der Waals surface area contributed by atoms with Gasteiger partial charge in [-0.3, -0.25) is 0 Å². The van der Waals surface area contributed by atoms with E-state index in [1.807, 2.05) is 0 Å². The summed E-state index contributed by atoms with van der Waals surface area (Å²) >= 11 is 8.37. The van der Waals surface area contributed by atoms with Crippen LogP contribution >= 0.6 is 36.6 Å². The molecule has 1 aromatic rings. The predicted molar refractivity (Wildman–Crippen MR) is 53.7 cm³/mol. The molecule has 1 rings (SSSR count). The normalized spacial score (nSPS) is 10.4. The van der Waals surface area contributed by atoms with Gasteiger partial charge in [0, 0.05) is 6.07 Å². The van der Waals surface area contributed by atoms with Gasteiger partial charge in [-0.15, -0.1) is 12.6 Å². The highest BCUT2D eigenvalue weighted by Gasteiger charge is 2.19. The van der Waals surface area contributed by atoms with Gasteiger partial charge in [0.1, 0.15) is 3.53 Å². The number of thiocarbonyl (C=S) groups is 1. The molecule has 0 aliphatic rings. The molecule has 0 N–H and O–H groups in total. The van der Waals surface area contributed by atoms with Crippen molar-refractivity contribution in [2.45, 2.75) is 4.90 Å². The van der Waals surface area contributed by atoms with Crippen LogP contribution < -0.4 is 0 Å². The molecule has 0 aliphatic carbocycles. The van der Waals surface area contributed by atoms with Crippen molar-refractivity contribution in [3.05, 3.63) is 29.3 Å². The molecule has 7 heteroatoms. The van der Waals surface area contributed by atoms with Crippen LogP contribution in [-0.4, -0.2) is 3.53 Å². The first kappa shape index (κ1) is 11.8. The maximum Gasteiger partial charge on any atom is 0.175 e. The lowest BCUT2D eigenvalue weighted by atomic mass is 10.3. The number of rotatable bonds is 1. The number of benzene rings is 1. The van der Waals surface area contributed by atoms with E-state index in [-0.39, 0.29) is 9.59 Å². The molecule has 0 aliphatic heterocycles. The molecule has 0 saturated carbocycles. The van der Waals surface area contributed by atoms with E-state index in [1.54, 1.807) is 0 Å². The Kier molecular flexibility index (Phi) is 3.79. The average molecular weight is 258 g/mol. The first-order valence-corrected chi connectivity index (χ1v) is 4.84. The van der Waals surface area contributed by atoms with Crippen molar-refractivity contribution in [1.29, 1.82) is 0 Å². The molecule has 0 radical (unpaired) electrons. The van der Waals surface area contributed by atoms with Crippen molar-refractivity contribution in [3.8, 4) is 0 Å². The molecular formula is C7H2F4S3. The third-order valence-corrected chi connectivity index (χ3v) is 2.52. The van der Waals surface area contributed by atoms with Crippen LogP contribution in [0.1, 0.15) is 0 Å². The first-order chi connectivity index (χ1) is 6.43. The van der Waals surface area contributed by atoms with E-state index >= 15 is 0 Å². The zero-order valence-corrected chi connectivity index (χ0v) is 8.88. The van der Waals surface area contributed by atoms with Gasteiger partial charge in [-0.1, -0.05) is 24.0 Å². The molecule has 0 fully saturated rings. The van der Waals surface area contributed by atoms with Crippen molar-refractivity contribution in [1.82, 2.24) is 0 Å². The van der Waals surface area contributed by atoms with Gasteiger partial charge in [-0.2, -0.15) is 0 Å². The molecule has 0 amide bonds. The first-order valence-electron chi connectivity index (χ1n) is 3.17. The van der Waals surface area contributed by atoms with E-state index in [0.29, 0.717) is 11.8 Å². The quantitative estimate of drug-likeness (QED) is 0.269. The Hall–Kier alpha value is -0.270. The van der Waals surface area contributed by atoms with Crippen LogP contribution in [0, 0.1) is 23.3 Å². The molecule has 0 heterocycles. The van der Waals surface area contributed by atoms with E-state index in [1.165, 1.54) is 0 Å². The van der Waals surface area contributed by atoms with Crippen LogP contribution in [0.5, 0.6) is 0 Å². The SMILES string of the molecule is Fc1cc(F)c(F)c(SC(=S)S)c1F. The summed E-state index contributed by atoms with van der Waals surface area (Å²) in [6, 6.07) is 0.135. The molecule has 0 unspecified atom stereocenters. The smallest absolute Gasteiger partial charge is 0.175 e. The summed E-state index contributed by atoms with van der Waals surface area (Å²) in [6.07, 6.45) is 0. The zero-order valence-electron chi connectivity index (χ0n) is 6.35. The van der Waals surface area contributed by atoms with Crippen LogP contribution in [-0.2, 0) is 0 Å². The molecule has 0 spiro atoms. The molecule has 0 saturated heterocycles. The molecule has 0 bridgehead atoms. The Balaban J connectivity index is 3.31. The van der Waals surface area contributed by atoms with Gasteiger partial charge < -0.3 is 0 Å². The summed E-state index contributed by atoms with van der Waals surface area (Å²) in [5.74, 6) is -5.86. The number of thiol groups is 1. The van der Waals surface area contributed by atoms with E-state index in [9.17, 15) is 17.6 Å². The van der Waals surface area contributed by atoms with Crippen molar-refractivity contribution >= 4 is 40.1 Å². The summed E-state index contributed by atoms with van der Waals surface area (Å²) in [5.41, 5.74) is 0. The Bertz CT molecular complexity index is 365. The Morgan fingerprint density at radius 3 is 1.93 bits per heavy atom.